The molecule has 4 heterocycles. The number of rotatable bonds is 7. The van der Waals surface area contributed by atoms with Gasteiger partial charge < -0.3 is 24.1 Å². The number of nitrogens with zero attached hydrogens (tertiary/aromatic N) is 6. The topological polar surface area (TPSA) is 90.1 Å². The number of amides is 1. The first-order valence-corrected chi connectivity index (χ1v) is 11.6. The lowest BCUT2D eigenvalue weighted by molar-refractivity contribution is 0.0931. The molecular weight excluding hydrogens is 418 g/mol. The van der Waals surface area contributed by atoms with E-state index >= 15 is 0 Å². The largest absolute Gasteiger partial charge is 0.378 e. The normalized spacial score (nSPS) is 23.0. The van der Waals surface area contributed by atoms with Crippen LogP contribution in [0.15, 0.2) is 31.0 Å². The molecule has 1 saturated heterocycles. The zero-order valence-corrected chi connectivity index (χ0v) is 19.1. The Morgan fingerprint density at radius 3 is 2.88 bits per heavy atom. The van der Waals surface area contributed by atoms with Crippen LogP contribution in [0.2, 0.25) is 0 Å². The molecule has 2 aliphatic carbocycles. The molecule has 3 aromatic heterocycles. The monoisotopic (exact) mass is 447 g/mol. The van der Waals surface area contributed by atoms with Crippen LogP contribution in [0, 0.1) is 11.8 Å². The van der Waals surface area contributed by atoms with Gasteiger partial charge in [0.25, 0.3) is 5.91 Å². The van der Waals surface area contributed by atoms with Crippen molar-refractivity contribution in [3.05, 3.63) is 59.3 Å². The molecule has 1 N–H and O–H groups in total. The number of imidazole rings is 2. The van der Waals surface area contributed by atoms with Gasteiger partial charge in [-0.15, -0.1) is 0 Å². The fourth-order valence-corrected chi connectivity index (χ4v) is 5.31. The molecule has 0 radical (unpaired) electrons. The van der Waals surface area contributed by atoms with Crippen LogP contribution in [0.1, 0.15) is 52.0 Å². The number of carbonyl (C=O) groups excluding carboxylic acids is 1. The molecule has 1 amide bonds. The van der Waals surface area contributed by atoms with E-state index in [4.69, 9.17) is 9.72 Å². The first-order valence-electron chi connectivity index (χ1n) is 11.6. The number of nitrogens with one attached hydrogen (secondary N) is 1. The number of aromatic nitrogens is 5. The quantitative estimate of drug-likeness (QED) is 0.597. The van der Waals surface area contributed by atoms with Crippen LogP contribution in [0.25, 0.3) is 0 Å². The summed E-state index contributed by atoms with van der Waals surface area (Å²) < 4.78 is 9.38. The van der Waals surface area contributed by atoms with Crippen LogP contribution in [-0.2, 0) is 31.4 Å². The van der Waals surface area contributed by atoms with Gasteiger partial charge in [0, 0.05) is 39.1 Å². The smallest absolute Gasteiger partial charge is 0.272 e. The van der Waals surface area contributed by atoms with Crippen LogP contribution >= 0.6 is 0 Å². The van der Waals surface area contributed by atoms with Gasteiger partial charge in [-0.25, -0.2) is 15.0 Å². The SMILES string of the molecule is COCc1nc(N2CC3CC3C2)ccc1Cn1cnc(C(=O)N[C@@H]2CCc3c2ncn3C)c1. The van der Waals surface area contributed by atoms with E-state index in [0.717, 1.165) is 60.5 Å². The maximum absolute atomic E-state index is 12.8. The Balaban J connectivity index is 1.14. The number of pyridine rings is 1. The molecule has 0 spiro atoms. The summed E-state index contributed by atoms with van der Waals surface area (Å²) in [5.41, 5.74) is 4.58. The van der Waals surface area contributed by atoms with E-state index in [9.17, 15) is 4.79 Å². The van der Waals surface area contributed by atoms with E-state index in [0.29, 0.717) is 18.8 Å². The van der Waals surface area contributed by atoms with Crippen LogP contribution < -0.4 is 10.2 Å². The van der Waals surface area contributed by atoms with E-state index < -0.39 is 0 Å². The lowest BCUT2D eigenvalue weighted by Crippen LogP contribution is -2.27. The Morgan fingerprint density at radius 1 is 1.21 bits per heavy atom. The number of aryl methyl sites for hydroxylation is 1. The molecule has 0 aromatic carbocycles. The fourth-order valence-electron chi connectivity index (χ4n) is 5.31. The van der Waals surface area contributed by atoms with Gasteiger partial charge in [-0.05, 0) is 42.7 Å². The van der Waals surface area contributed by atoms with Crippen LogP contribution in [-0.4, -0.2) is 50.2 Å². The summed E-state index contributed by atoms with van der Waals surface area (Å²) in [6.07, 6.45) is 8.47. The lowest BCUT2D eigenvalue weighted by atomic mass is 10.2. The van der Waals surface area contributed by atoms with E-state index in [-0.39, 0.29) is 11.9 Å². The Morgan fingerprint density at radius 2 is 2.06 bits per heavy atom. The molecule has 9 nitrogen and oxygen atoms in total. The van der Waals surface area contributed by atoms with E-state index in [1.165, 1.54) is 12.1 Å². The Hall–Kier alpha value is -3.20. The summed E-state index contributed by atoms with van der Waals surface area (Å²) in [4.78, 5) is 28.9. The Labute approximate surface area is 192 Å². The number of hydrogen-bond donors (Lipinski definition) is 1. The van der Waals surface area contributed by atoms with Gasteiger partial charge in [-0.2, -0.15) is 0 Å². The molecule has 1 aliphatic heterocycles. The molecule has 6 rings (SSSR count). The second kappa shape index (κ2) is 7.98. The van der Waals surface area contributed by atoms with Crippen LogP contribution in [0.5, 0.6) is 0 Å². The second-order valence-electron chi connectivity index (χ2n) is 9.55. The average Bonchev–Trinajstić information content (AvgIpc) is 3.28. The second-order valence-corrected chi connectivity index (χ2v) is 9.55. The highest BCUT2D eigenvalue weighted by molar-refractivity contribution is 5.92. The van der Waals surface area contributed by atoms with Crippen molar-refractivity contribution in [3.8, 4) is 0 Å². The lowest BCUT2D eigenvalue weighted by Gasteiger charge is -2.21. The number of carbonyl (C=O) groups is 1. The third-order valence-electron chi connectivity index (χ3n) is 7.25. The van der Waals surface area contributed by atoms with E-state index in [1.807, 2.05) is 16.2 Å². The Kier molecular flexibility index (Phi) is 4.94. The minimum atomic E-state index is -0.171. The highest BCUT2D eigenvalue weighted by Crippen LogP contribution is 2.46. The average molecular weight is 448 g/mol. The maximum Gasteiger partial charge on any atom is 0.272 e. The minimum Gasteiger partial charge on any atom is -0.378 e. The van der Waals surface area contributed by atoms with Crippen molar-refractivity contribution >= 4 is 11.7 Å². The number of hydrogen-bond acceptors (Lipinski definition) is 6. The van der Waals surface area contributed by atoms with Crippen molar-refractivity contribution in [2.45, 2.75) is 38.5 Å². The molecule has 2 fully saturated rings. The first-order chi connectivity index (χ1) is 16.1. The van der Waals surface area contributed by atoms with Gasteiger partial charge in [0.05, 0.1) is 43.2 Å². The van der Waals surface area contributed by atoms with Gasteiger partial charge in [0.1, 0.15) is 11.5 Å². The molecule has 3 aliphatic rings. The third-order valence-corrected chi connectivity index (χ3v) is 7.25. The van der Waals surface area contributed by atoms with Crippen molar-refractivity contribution in [2.24, 2.45) is 18.9 Å². The number of anilines is 1. The van der Waals surface area contributed by atoms with Crippen molar-refractivity contribution in [2.75, 3.05) is 25.1 Å². The number of methoxy groups -OCH3 is 1. The molecular formula is C24H29N7O2. The van der Waals surface area contributed by atoms with Crippen molar-refractivity contribution in [1.82, 2.24) is 29.4 Å². The number of piperidine rings is 1. The summed E-state index contributed by atoms with van der Waals surface area (Å²) in [7, 11) is 3.68. The molecule has 3 atom stereocenters. The predicted molar refractivity (Wildman–Crippen MR) is 122 cm³/mol. The number of fused-ring (bicyclic) bond motifs is 2. The molecule has 3 aromatic rings. The Bertz CT molecular complexity index is 1190. The van der Waals surface area contributed by atoms with Crippen LogP contribution in [0.3, 0.4) is 0 Å². The molecule has 33 heavy (non-hydrogen) atoms. The maximum atomic E-state index is 12.8. The molecule has 0 bridgehead atoms. The third kappa shape index (κ3) is 3.80. The zero-order chi connectivity index (χ0) is 22.5. The van der Waals surface area contributed by atoms with Crippen molar-refractivity contribution in [3.63, 3.8) is 0 Å². The summed E-state index contributed by atoms with van der Waals surface area (Å²) in [5, 5.41) is 3.09. The van der Waals surface area contributed by atoms with Crippen molar-refractivity contribution in [1.29, 1.82) is 0 Å². The molecule has 172 valence electrons. The van der Waals surface area contributed by atoms with E-state index in [1.54, 1.807) is 26.0 Å². The summed E-state index contributed by atoms with van der Waals surface area (Å²) in [6, 6.07) is 4.18. The molecule has 1 saturated carbocycles. The zero-order valence-electron chi connectivity index (χ0n) is 19.1. The minimum absolute atomic E-state index is 0.0551. The van der Waals surface area contributed by atoms with Crippen molar-refractivity contribution < 1.29 is 9.53 Å². The fraction of sp³-hybridized carbons (Fsp3) is 0.500. The summed E-state index contributed by atoms with van der Waals surface area (Å²) in [6.45, 7) is 3.28. The molecule has 2 unspecified atom stereocenters. The van der Waals surface area contributed by atoms with Gasteiger partial charge in [-0.3, -0.25) is 4.79 Å². The first kappa shape index (κ1) is 20.4. The van der Waals surface area contributed by atoms with Gasteiger partial charge in [0.15, 0.2) is 0 Å². The number of ether oxygens (including phenoxy) is 1. The standard InChI is InChI=1S/C24H29N7O2/c1-29-13-26-23-18(4-5-21(23)29)28-24(32)19-11-30(14-25-19)8-15-3-6-22(27-20(15)12-33-2)31-9-16-7-17(16)10-31/h3,6,11,13-14,16-18H,4-5,7-10,12H2,1-2H3,(H,28,32)/t16?,17?,18-/m1/s1. The van der Waals surface area contributed by atoms with Gasteiger partial charge in [0.2, 0.25) is 0 Å². The predicted octanol–water partition coefficient (Wildman–Crippen LogP) is 2.08. The van der Waals surface area contributed by atoms with Gasteiger partial charge in [-0.1, -0.05) is 6.07 Å². The molecule has 9 heteroatoms. The van der Waals surface area contributed by atoms with Crippen LogP contribution in [0.4, 0.5) is 5.82 Å². The highest BCUT2D eigenvalue weighted by Gasteiger charge is 2.45. The highest BCUT2D eigenvalue weighted by atomic mass is 16.5. The summed E-state index contributed by atoms with van der Waals surface area (Å²) in [5.74, 6) is 2.59. The summed E-state index contributed by atoms with van der Waals surface area (Å²) >= 11 is 0. The van der Waals surface area contributed by atoms with Gasteiger partial charge >= 0.3 is 0 Å². The van der Waals surface area contributed by atoms with E-state index in [2.05, 4.69) is 32.3 Å².